The lowest BCUT2D eigenvalue weighted by molar-refractivity contribution is 0.474. The molecule has 2 aromatic rings. The summed E-state index contributed by atoms with van der Waals surface area (Å²) in [6.45, 7) is 3.13. The van der Waals surface area contributed by atoms with E-state index in [9.17, 15) is 5.11 Å². The van der Waals surface area contributed by atoms with E-state index in [-0.39, 0.29) is 0 Å². The second kappa shape index (κ2) is 5.68. The number of nitrogens with one attached hydrogen (secondary N) is 1. The van der Waals surface area contributed by atoms with Crippen molar-refractivity contribution in [2.75, 3.05) is 6.54 Å². The minimum Gasteiger partial charge on any atom is -0.508 e. The highest BCUT2D eigenvalue weighted by Gasteiger charge is 2.21. The SMILES string of the molecule is Cc1cccc(CCNC2CCc3cc(O)ccc32)c1. The molecule has 0 aromatic heterocycles. The molecule has 0 fully saturated rings. The fourth-order valence-electron chi connectivity index (χ4n) is 3.07. The van der Waals surface area contributed by atoms with E-state index in [0.29, 0.717) is 11.8 Å². The van der Waals surface area contributed by atoms with Gasteiger partial charge in [0.25, 0.3) is 0 Å². The molecule has 1 aliphatic rings. The van der Waals surface area contributed by atoms with Gasteiger partial charge in [0, 0.05) is 6.04 Å². The molecule has 1 unspecified atom stereocenters. The van der Waals surface area contributed by atoms with E-state index in [4.69, 9.17) is 0 Å². The number of benzene rings is 2. The second-order valence-corrected chi connectivity index (χ2v) is 5.67. The first kappa shape index (κ1) is 13.2. The van der Waals surface area contributed by atoms with E-state index in [0.717, 1.165) is 25.8 Å². The van der Waals surface area contributed by atoms with Crippen LogP contribution in [0, 0.1) is 6.92 Å². The molecule has 1 aliphatic carbocycles. The third kappa shape index (κ3) is 2.86. The minimum atomic E-state index is 0.379. The van der Waals surface area contributed by atoms with Crippen LogP contribution in [0.3, 0.4) is 0 Å². The molecule has 0 amide bonds. The summed E-state index contributed by atoms with van der Waals surface area (Å²) in [5.41, 5.74) is 5.36. The molecule has 20 heavy (non-hydrogen) atoms. The lowest BCUT2D eigenvalue weighted by Crippen LogP contribution is -2.21. The first-order valence-corrected chi connectivity index (χ1v) is 7.33. The Bertz CT molecular complexity index is 606. The van der Waals surface area contributed by atoms with Crippen molar-refractivity contribution in [3.8, 4) is 5.75 Å². The number of aryl methyl sites for hydroxylation is 2. The molecule has 1 atom stereocenters. The van der Waals surface area contributed by atoms with E-state index >= 15 is 0 Å². The van der Waals surface area contributed by atoms with Crippen molar-refractivity contribution in [1.82, 2.24) is 5.32 Å². The minimum absolute atomic E-state index is 0.379. The van der Waals surface area contributed by atoms with Crippen molar-refractivity contribution in [3.05, 3.63) is 64.7 Å². The zero-order chi connectivity index (χ0) is 13.9. The molecule has 0 heterocycles. The zero-order valence-electron chi connectivity index (χ0n) is 11.9. The average Bonchev–Trinajstić information content (AvgIpc) is 2.81. The average molecular weight is 267 g/mol. The molecule has 104 valence electrons. The molecule has 2 N–H and O–H groups in total. The first-order chi connectivity index (χ1) is 9.72. The van der Waals surface area contributed by atoms with Crippen molar-refractivity contribution in [2.45, 2.75) is 32.2 Å². The van der Waals surface area contributed by atoms with Gasteiger partial charge in [-0.05, 0) is 61.6 Å². The van der Waals surface area contributed by atoms with Crippen LogP contribution < -0.4 is 5.32 Å². The van der Waals surface area contributed by atoms with Gasteiger partial charge in [-0.2, -0.15) is 0 Å². The third-order valence-electron chi connectivity index (χ3n) is 4.09. The quantitative estimate of drug-likeness (QED) is 0.888. The van der Waals surface area contributed by atoms with Gasteiger partial charge in [-0.1, -0.05) is 35.9 Å². The normalized spacial score (nSPS) is 17.1. The second-order valence-electron chi connectivity index (χ2n) is 5.67. The molecule has 3 rings (SSSR count). The third-order valence-corrected chi connectivity index (χ3v) is 4.09. The Kier molecular flexibility index (Phi) is 3.75. The summed E-state index contributed by atoms with van der Waals surface area (Å²) in [6.07, 6.45) is 3.25. The Morgan fingerprint density at radius 1 is 1.20 bits per heavy atom. The molecule has 0 saturated heterocycles. The van der Waals surface area contributed by atoms with Crippen LogP contribution in [0.15, 0.2) is 42.5 Å². The van der Waals surface area contributed by atoms with Gasteiger partial charge in [-0.3, -0.25) is 0 Å². The number of hydrogen-bond acceptors (Lipinski definition) is 2. The lowest BCUT2D eigenvalue weighted by atomic mass is 10.1. The van der Waals surface area contributed by atoms with E-state index < -0.39 is 0 Å². The highest BCUT2D eigenvalue weighted by Crippen LogP contribution is 2.33. The van der Waals surface area contributed by atoms with Crippen molar-refractivity contribution in [2.24, 2.45) is 0 Å². The fourth-order valence-corrected chi connectivity index (χ4v) is 3.07. The Morgan fingerprint density at radius 3 is 2.95 bits per heavy atom. The molecule has 0 spiro atoms. The van der Waals surface area contributed by atoms with Crippen molar-refractivity contribution >= 4 is 0 Å². The molecule has 2 nitrogen and oxygen atoms in total. The smallest absolute Gasteiger partial charge is 0.115 e. The molecule has 2 aromatic carbocycles. The molecular weight excluding hydrogens is 246 g/mol. The monoisotopic (exact) mass is 267 g/mol. The first-order valence-electron chi connectivity index (χ1n) is 7.33. The van der Waals surface area contributed by atoms with Gasteiger partial charge >= 0.3 is 0 Å². The van der Waals surface area contributed by atoms with E-state index in [1.54, 1.807) is 6.07 Å². The lowest BCUT2D eigenvalue weighted by Gasteiger charge is -2.14. The zero-order valence-corrected chi connectivity index (χ0v) is 11.9. The Labute approximate surface area is 120 Å². The highest BCUT2D eigenvalue weighted by atomic mass is 16.3. The largest absolute Gasteiger partial charge is 0.508 e. The number of phenols is 1. The summed E-state index contributed by atoms with van der Waals surface area (Å²) >= 11 is 0. The van der Waals surface area contributed by atoms with Crippen LogP contribution in [0.2, 0.25) is 0 Å². The predicted octanol–water partition coefficient (Wildman–Crippen LogP) is 3.52. The summed E-state index contributed by atoms with van der Waals surface area (Å²) in [6, 6.07) is 14.9. The standard InChI is InChI=1S/C18H21NO/c1-13-3-2-4-14(11-13)9-10-19-18-8-5-15-12-16(20)6-7-17(15)18/h2-4,6-7,11-12,18-20H,5,8-10H2,1H3. The molecule has 0 aliphatic heterocycles. The summed E-state index contributed by atoms with van der Waals surface area (Å²) in [5.74, 6) is 0.379. The van der Waals surface area contributed by atoms with E-state index in [2.05, 4.69) is 42.6 Å². The maximum atomic E-state index is 9.51. The van der Waals surface area contributed by atoms with Gasteiger partial charge in [0.15, 0.2) is 0 Å². The molecule has 2 heteroatoms. The van der Waals surface area contributed by atoms with Gasteiger partial charge in [0.1, 0.15) is 5.75 Å². The summed E-state index contributed by atoms with van der Waals surface area (Å²) in [7, 11) is 0. The van der Waals surface area contributed by atoms with Crippen LogP contribution >= 0.6 is 0 Å². The van der Waals surface area contributed by atoms with Gasteiger partial charge in [-0.15, -0.1) is 0 Å². The summed E-state index contributed by atoms with van der Waals surface area (Å²) < 4.78 is 0. The van der Waals surface area contributed by atoms with E-state index in [1.807, 2.05) is 6.07 Å². The molecule has 0 bridgehead atoms. The van der Waals surface area contributed by atoms with Crippen LogP contribution in [-0.2, 0) is 12.8 Å². The Morgan fingerprint density at radius 2 is 2.10 bits per heavy atom. The number of aromatic hydroxyl groups is 1. The number of hydrogen-bond donors (Lipinski definition) is 2. The molecular formula is C18H21NO. The summed E-state index contributed by atoms with van der Waals surface area (Å²) in [4.78, 5) is 0. The van der Waals surface area contributed by atoms with Crippen LogP contribution in [0.5, 0.6) is 5.75 Å². The number of phenolic OH excluding ortho intramolecular Hbond substituents is 1. The van der Waals surface area contributed by atoms with Crippen molar-refractivity contribution in [1.29, 1.82) is 0 Å². The van der Waals surface area contributed by atoms with Gasteiger partial charge < -0.3 is 10.4 Å². The van der Waals surface area contributed by atoms with Gasteiger partial charge in [-0.25, -0.2) is 0 Å². The fraction of sp³-hybridized carbons (Fsp3) is 0.333. The Hall–Kier alpha value is -1.80. The number of rotatable bonds is 4. The maximum Gasteiger partial charge on any atom is 0.115 e. The van der Waals surface area contributed by atoms with Crippen LogP contribution in [0.4, 0.5) is 0 Å². The van der Waals surface area contributed by atoms with Crippen molar-refractivity contribution < 1.29 is 5.11 Å². The predicted molar refractivity (Wildman–Crippen MR) is 82.1 cm³/mol. The van der Waals surface area contributed by atoms with E-state index in [1.165, 1.54) is 22.3 Å². The van der Waals surface area contributed by atoms with Gasteiger partial charge in [0.2, 0.25) is 0 Å². The number of fused-ring (bicyclic) bond motifs is 1. The summed E-state index contributed by atoms with van der Waals surface area (Å²) in [5, 5.41) is 13.2. The van der Waals surface area contributed by atoms with Crippen LogP contribution in [0.25, 0.3) is 0 Å². The molecule has 0 radical (unpaired) electrons. The topological polar surface area (TPSA) is 32.3 Å². The maximum absolute atomic E-state index is 9.51. The van der Waals surface area contributed by atoms with Crippen LogP contribution in [0.1, 0.15) is 34.7 Å². The van der Waals surface area contributed by atoms with Crippen molar-refractivity contribution in [3.63, 3.8) is 0 Å². The Balaban J connectivity index is 1.58. The van der Waals surface area contributed by atoms with Gasteiger partial charge in [0.05, 0.1) is 0 Å². The molecule has 0 saturated carbocycles. The highest BCUT2D eigenvalue weighted by molar-refractivity contribution is 5.40. The van der Waals surface area contributed by atoms with Crippen LogP contribution in [-0.4, -0.2) is 11.7 Å².